The minimum Gasteiger partial charge on any atom is -0.481 e. The molecule has 0 aromatic rings. The Morgan fingerprint density at radius 2 is 1.39 bits per heavy atom. The molecule has 5 amide bonds. The second-order valence-electron chi connectivity index (χ2n) is 8.00. The zero-order valence-corrected chi connectivity index (χ0v) is 20.5. The summed E-state index contributed by atoms with van der Waals surface area (Å²) >= 11 is 0. The maximum atomic E-state index is 12.1. The van der Waals surface area contributed by atoms with Gasteiger partial charge >= 0.3 is 5.97 Å². The number of amides is 5. The van der Waals surface area contributed by atoms with Crippen molar-refractivity contribution in [3.63, 3.8) is 0 Å². The van der Waals surface area contributed by atoms with Crippen LogP contribution in [0.25, 0.3) is 0 Å². The Morgan fingerprint density at radius 3 is 1.94 bits per heavy atom. The molecule has 0 aliphatic heterocycles. The van der Waals surface area contributed by atoms with Gasteiger partial charge in [-0.1, -0.05) is 0 Å². The molecule has 0 saturated carbocycles. The molecule has 0 aromatic carbocycles. The Labute approximate surface area is 209 Å². The molecule has 0 aromatic heterocycles. The molecule has 0 rings (SSSR count). The zero-order valence-electron chi connectivity index (χ0n) is 20.5. The van der Waals surface area contributed by atoms with Gasteiger partial charge in [0.05, 0.1) is 0 Å². The second-order valence-corrected chi connectivity index (χ2v) is 8.00. The molecule has 0 heterocycles. The van der Waals surface area contributed by atoms with Crippen molar-refractivity contribution in [2.75, 3.05) is 19.6 Å². The molecule has 15 heteroatoms. The number of guanidine groups is 1. The van der Waals surface area contributed by atoms with E-state index < -0.39 is 35.8 Å². The normalized spacial score (nSPS) is 11.9. The number of carboxylic acids is 1. The smallest absolute Gasteiger partial charge is 0.303 e. The first-order valence-corrected chi connectivity index (χ1v) is 11.6. The van der Waals surface area contributed by atoms with Crippen molar-refractivity contribution in [2.24, 2.45) is 22.2 Å². The predicted octanol–water partition coefficient (Wildman–Crippen LogP) is -2.83. The summed E-state index contributed by atoms with van der Waals surface area (Å²) < 4.78 is 0. The fourth-order valence-corrected chi connectivity index (χ4v) is 2.99. The van der Waals surface area contributed by atoms with Crippen molar-refractivity contribution >= 4 is 41.5 Å². The minimum atomic E-state index is -1.08. The van der Waals surface area contributed by atoms with Gasteiger partial charge in [-0.05, 0) is 32.1 Å². The van der Waals surface area contributed by atoms with Crippen molar-refractivity contribution in [3.05, 3.63) is 0 Å². The summed E-state index contributed by atoms with van der Waals surface area (Å²) in [6.45, 7) is 1.93. The van der Waals surface area contributed by atoms with Crippen molar-refractivity contribution in [1.82, 2.24) is 21.3 Å². The SMILES string of the molecule is CC(=O)NC(CCC(=O)O)C(=O)NCCCC(=O)NCCCC(=O)NC(CCCN=C(N)N)C(N)=O. The summed E-state index contributed by atoms with van der Waals surface area (Å²) in [5.41, 5.74) is 15.7. The molecule has 204 valence electrons. The quantitative estimate of drug-likeness (QED) is 0.0501. The van der Waals surface area contributed by atoms with Crippen LogP contribution in [0.1, 0.15) is 58.3 Å². The third kappa shape index (κ3) is 17.6. The van der Waals surface area contributed by atoms with Crippen LogP contribution in [0.3, 0.4) is 0 Å². The molecule has 36 heavy (non-hydrogen) atoms. The molecule has 0 fully saturated rings. The molecule has 0 bridgehead atoms. The summed E-state index contributed by atoms with van der Waals surface area (Å²) in [5, 5.41) is 18.9. The summed E-state index contributed by atoms with van der Waals surface area (Å²) in [5.74, 6) is -3.45. The first-order chi connectivity index (χ1) is 16.9. The van der Waals surface area contributed by atoms with E-state index in [2.05, 4.69) is 26.3 Å². The maximum absolute atomic E-state index is 12.1. The molecular weight excluding hydrogens is 476 g/mol. The summed E-state index contributed by atoms with van der Waals surface area (Å²) in [4.78, 5) is 73.2. The van der Waals surface area contributed by atoms with E-state index in [1.807, 2.05) is 0 Å². The Morgan fingerprint density at radius 1 is 0.778 bits per heavy atom. The molecule has 0 aliphatic carbocycles. The average Bonchev–Trinajstić information content (AvgIpc) is 2.78. The van der Waals surface area contributed by atoms with Crippen LogP contribution in [-0.4, -0.2) is 78.3 Å². The highest BCUT2D eigenvalue weighted by atomic mass is 16.4. The average molecular weight is 515 g/mol. The number of primary amides is 1. The van der Waals surface area contributed by atoms with Gasteiger partial charge in [0.15, 0.2) is 5.96 Å². The molecule has 0 spiro atoms. The third-order valence-corrected chi connectivity index (χ3v) is 4.75. The van der Waals surface area contributed by atoms with Crippen LogP contribution in [0, 0.1) is 0 Å². The standard InChI is InChI=1S/C21H38N8O7/c1-13(30)28-15(8-9-18(33)34)20(36)26-11-3-6-16(31)25-10-4-7-17(32)29-14(19(22)35)5-2-12-27-21(23)24/h14-15H,2-12H2,1H3,(H2,22,35)(H,25,31)(H,26,36)(H,28,30)(H,29,32)(H,33,34)(H4,23,24,27). The van der Waals surface area contributed by atoms with Crippen LogP contribution < -0.4 is 38.5 Å². The molecular formula is C21H38N8O7. The van der Waals surface area contributed by atoms with Crippen LogP contribution in [-0.2, 0) is 28.8 Å². The number of aliphatic imine (C=N–C) groups is 1. The van der Waals surface area contributed by atoms with E-state index in [1.54, 1.807) is 0 Å². The maximum Gasteiger partial charge on any atom is 0.303 e. The fourth-order valence-electron chi connectivity index (χ4n) is 2.99. The van der Waals surface area contributed by atoms with Gasteiger partial charge in [-0.15, -0.1) is 0 Å². The van der Waals surface area contributed by atoms with E-state index in [0.717, 1.165) is 0 Å². The first-order valence-electron chi connectivity index (χ1n) is 11.6. The summed E-state index contributed by atoms with van der Waals surface area (Å²) in [7, 11) is 0. The number of carbonyl (C=O) groups is 6. The van der Waals surface area contributed by atoms with Gasteiger partial charge in [-0.25, -0.2) is 0 Å². The van der Waals surface area contributed by atoms with E-state index >= 15 is 0 Å². The number of nitrogens with zero attached hydrogens (tertiary/aromatic N) is 1. The van der Waals surface area contributed by atoms with Gasteiger partial charge in [0.2, 0.25) is 29.5 Å². The second kappa shape index (κ2) is 18.4. The third-order valence-electron chi connectivity index (χ3n) is 4.75. The van der Waals surface area contributed by atoms with Crippen LogP contribution in [0.2, 0.25) is 0 Å². The molecule has 2 atom stereocenters. The van der Waals surface area contributed by atoms with Crippen LogP contribution in [0.4, 0.5) is 0 Å². The number of carbonyl (C=O) groups excluding carboxylic acids is 5. The Bertz CT molecular complexity index is 799. The summed E-state index contributed by atoms with van der Waals surface area (Å²) in [6.07, 6.45) is 1.28. The lowest BCUT2D eigenvalue weighted by Crippen LogP contribution is -2.46. The Balaban J connectivity index is 4.13. The van der Waals surface area contributed by atoms with Crippen molar-refractivity contribution in [1.29, 1.82) is 0 Å². The van der Waals surface area contributed by atoms with Gasteiger partial charge in [0, 0.05) is 45.8 Å². The number of aliphatic carboxylic acids is 1. The molecule has 11 N–H and O–H groups in total. The van der Waals surface area contributed by atoms with Crippen molar-refractivity contribution in [3.8, 4) is 0 Å². The Kier molecular flexibility index (Phi) is 16.4. The van der Waals surface area contributed by atoms with E-state index in [4.69, 9.17) is 22.3 Å². The molecule has 2 unspecified atom stereocenters. The van der Waals surface area contributed by atoms with Gasteiger partial charge in [0.1, 0.15) is 12.1 Å². The van der Waals surface area contributed by atoms with Gasteiger partial charge in [-0.2, -0.15) is 0 Å². The van der Waals surface area contributed by atoms with E-state index in [1.165, 1.54) is 6.92 Å². The number of hydrogen-bond donors (Lipinski definition) is 8. The number of rotatable bonds is 19. The number of nitrogens with two attached hydrogens (primary N) is 3. The van der Waals surface area contributed by atoms with Crippen LogP contribution in [0.15, 0.2) is 4.99 Å². The number of hydrogen-bond acceptors (Lipinski definition) is 7. The molecule has 0 aliphatic rings. The van der Waals surface area contributed by atoms with Gasteiger partial charge in [-0.3, -0.25) is 33.8 Å². The molecule has 15 nitrogen and oxygen atoms in total. The van der Waals surface area contributed by atoms with Gasteiger partial charge in [0.25, 0.3) is 0 Å². The lowest BCUT2D eigenvalue weighted by Gasteiger charge is -2.16. The predicted molar refractivity (Wildman–Crippen MR) is 130 cm³/mol. The fraction of sp³-hybridized carbons (Fsp3) is 0.667. The lowest BCUT2D eigenvalue weighted by molar-refractivity contribution is -0.138. The van der Waals surface area contributed by atoms with Crippen LogP contribution in [0.5, 0.6) is 0 Å². The van der Waals surface area contributed by atoms with Crippen molar-refractivity contribution < 1.29 is 33.9 Å². The molecule has 0 saturated heterocycles. The van der Waals surface area contributed by atoms with E-state index in [-0.39, 0.29) is 63.0 Å². The topological polar surface area (TPSA) is 261 Å². The van der Waals surface area contributed by atoms with Crippen LogP contribution >= 0.6 is 0 Å². The van der Waals surface area contributed by atoms with E-state index in [9.17, 15) is 28.8 Å². The Hall–Kier alpha value is -3.91. The van der Waals surface area contributed by atoms with E-state index in [0.29, 0.717) is 25.8 Å². The van der Waals surface area contributed by atoms with Crippen molar-refractivity contribution in [2.45, 2.75) is 70.4 Å². The molecule has 0 radical (unpaired) electrons. The highest BCUT2D eigenvalue weighted by molar-refractivity contribution is 5.87. The lowest BCUT2D eigenvalue weighted by atomic mass is 10.1. The summed E-state index contributed by atoms with van der Waals surface area (Å²) in [6, 6.07) is -1.81. The number of nitrogens with one attached hydrogen (secondary N) is 4. The first kappa shape index (κ1) is 32.1. The number of carboxylic acid groups (broad SMARTS) is 1. The monoisotopic (exact) mass is 514 g/mol. The highest BCUT2D eigenvalue weighted by Gasteiger charge is 2.20. The zero-order chi connectivity index (χ0) is 27.5. The minimum absolute atomic E-state index is 0.0487. The largest absolute Gasteiger partial charge is 0.481 e. The highest BCUT2D eigenvalue weighted by Crippen LogP contribution is 2.00. The van der Waals surface area contributed by atoms with Gasteiger partial charge < -0.3 is 43.6 Å².